The van der Waals surface area contributed by atoms with Crippen LogP contribution >= 0.6 is 11.8 Å². The van der Waals surface area contributed by atoms with Gasteiger partial charge in [0.2, 0.25) is 11.8 Å². The Morgan fingerprint density at radius 2 is 2.00 bits per heavy atom. The maximum absolute atomic E-state index is 12.5. The van der Waals surface area contributed by atoms with Gasteiger partial charge in [-0.25, -0.2) is 9.78 Å². The molecule has 8 nitrogen and oxygen atoms in total. The van der Waals surface area contributed by atoms with Crippen LogP contribution in [0.3, 0.4) is 0 Å². The van der Waals surface area contributed by atoms with Gasteiger partial charge in [0, 0.05) is 25.4 Å². The minimum Gasteiger partial charge on any atom is -0.452 e. The molecule has 1 aliphatic heterocycles. The van der Waals surface area contributed by atoms with E-state index in [1.165, 1.54) is 19.3 Å². The molecular formula is C20H19N3O5S. The summed E-state index contributed by atoms with van der Waals surface area (Å²) in [4.78, 5) is 53.5. The van der Waals surface area contributed by atoms with E-state index < -0.39 is 23.7 Å². The Labute approximate surface area is 171 Å². The number of imide groups is 1. The number of aromatic nitrogens is 1. The Balaban J connectivity index is 1.63. The molecule has 0 spiro atoms. The number of pyridine rings is 1. The van der Waals surface area contributed by atoms with E-state index in [0.29, 0.717) is 5.69 Å². The van der Waals surface area contributed by atoms with Gasteiger partial charge in [-0.3, -0.25) is 19.3 Å². The number of thioether (sulfide) groups is 1. The number of amides is 3. The molecule has 1 aromatic carbocycles. The van der Waals surface area contributed by atoms with Crippen LogP contribution in [0.4, 0.5) is 5.69 Å². The van der Waals surface area contributed by atoms with Crippen LogP contribution in [0.2, 0.25) is 0 Å². The van der Waals surface area contributed by atoms with Crippen LogP contribution in [0.15, 0.2) is 47.6 Å². The van der Waals surface area contributed by atoms with E-state index in [1.54, 1.807) is 18.2 Å². The average molecular weight is 413 g/mol. The van der Waals surface area contributed by atoms with Crippen molar-refractivity contribution in [3.05, 3.63) is 53.7 Å². The second-order valence-electron chi connectivity index (χ2n) is 6.40. The van der Waals surface area contributed by atoms with Gasteiger partial charge in [-0.1, -0.05) is 30.0 Å². The fourth-order valence-electron chi connectivity index (χ4n) is 2.70. The number of ether oxygens (including phenoxy) is 1. The first-order chi connectivity index (χ1) is 13.9. The lowest BCUT2D eigenvalue weighted by atomic mass is 10.2. The number of nitrogens with one attached hydrogen (secondary N) is 1. The SMILES string of the molecule is Cc1ccccc1NC(=O)COC(=O)c1cccnc1SC1CC(=O)N(C)C1=O. The fourth-order valence-corrected chi connectivity index (χ4v) is 3.85. The number of aryl methyl sites for hydroxylation is 1. The lowest BCUT2D eigenvalue weighted by Gasteiger charge is -2.12. The maximum Gasteiger partial charge on any atom is 0.341 e. The van der Waals surface area contributed by atoms with Gasteiger partial charge in [-0.05, 0) is 30.7 Å². The molecule has 9 heteroatoms. The summed E-state index contributed by atoms with van der Waals surface area (Å²) in [6.07, 6.45) is 1.53. The minimum absolute atomic E-state index is 0.0455. The molecule has 2 heterocycles. The van der Waals surface area contributed by atoms with Crippen molar-refractivity contribution in [1.82, 2.24) is 9.88 Å². The summed E-state index contributed by atoms with van der Waals surface area (Å²) in [7, 11) is 1.42. The molecule has 0 aliphatic carbocycles. The van der Waals surface area contributed by atoms with Crippen LogP contribution in [0, 0.1) is 6.92 Å². The Hall–Kier alpha value is -3.20. The third-order valence-corrected chi connectivity index (χ3v) is 5.54. The summed E-state index contributed by atoms with van der Waals surface area (Å²) in [5.74, 6) is -1.81. The number of para-hydroxylation sites is 1. The number of anilines is 1. The van der Waals surface area contributed by atoms with Gasteiger partial charge in [0.25, 0.3) is 5.91 Å². The smallest absolute Gasteiger partial charge is 0.341 e. The Kier molecular flexibility index (Phi) is 6.28. The summed E-state index contributed by atoms with van der Waals surface area (Å²) in [5.41, 5.74) is 1.66. The lowest BCUT2D eigenvalue weighted by Crippen LogP contribution is -2.26. The van der Waals surface area contributed by atoms with Crippen LogP contribution in [-0.2, 0) is 19.1 Å². The van der Waals surface area contributed by atoms with Crippen molar-refractivity contribution in [2.45, 2.75) is 23.6 Å². The van der Waals surface area contributed by atoms with Crippen molar-refractivity contribution < 1.29 is 23.9 Å². The number of nitrogens with zero attached hydrogens (tertiary/aromatic N) is 2. The third-order valence-electron chi connectivity index (χ3n) is 4.34. The Bertz CT molecular complexity index is 978. The van der Waals surface area contributed by atoms with Gasteiger partial charge < -0.3 is 10.1 Å². The van der Waals surface area contributed by atoms with Crippen molar-refractivity contribution in [3.63, 3.8) is 0 Å². The number of carbonyl (C=O) groups is 4. The van der Waals surface area contributed by atoms with Gasteiger partial charge in [-0.2, -0.15) is 0 Å². The van der Waals surface area contributed by atoms with Crippen molar-refractivity contribution in [3.8, 4) is 0 Å². The van der Waals surface area contributed by atoms with E-state index in [4.69, 9.17) is 4.74 Å². The molecule has 1 aliphatic rings. The van der Waals surface area contributed by atoms with E-state index in [9.17, 15) is 19.2 Å². The number of carbonyl (C=O) groups excluding carboxylic acids is 4. The van der Waals surface area contributed by atoms with Crippen LogP contribution < -0.4 is 5.32 Å². The third kappa shape index (κ3) is 4.80. The zero-order valence-electron chi connectivity index (χ0n) is 15.9. The zero-order valence-corrected chi connectivity index (χ0v) is 16.7. The molecule has 3 rings (SSSR count). The number of hydrogen-bond acceptors (Lipinski definition) is 7. The molecule has 1 unspecified atom stereocenters. The second kappa shape index (κ2) is 8.87. The van der Waals surface area contributed by atoms with E-state index in [0.717, 1.165) is 22.2 Å². The van der Waals surface area contributed by atoms with Crippen LogP contribution in [0.5, 0.6) is 0 Å². The highest BCUT2D eigenvalue weighted by molar-refractivity contribution is 8.00. The molecule has 0 radical (unpaired) electrons. The van der Waals surface area contributed by atoms with Gasteiger partial charge in [0.15, 0.2) is 6.61 Å². The summed E-state index contributed by atoms with van der Waals surface area (Å²) in [6.45, 7) is 1.39. The predicted molar refractivity (Wildman–Crippen MR) is 106 cm³/mol. The molecule has 0 saturated carbocycles. The van der Waals surface area contributed by atoms with Crippen molar-refractivity contribution in [1.29, 1.82) is 0 Å². The van der Waals surface area contributed by atoms with Crippen molar-refractivity contribution in [2.75, 3.05) is 19.0 Å². The molecule has 1 saturated heterocycles. The van der Waals surface area contributed by atoms with Crippen LogP contribution in [0.1, 0.15) is 22.3 Å². The standard InChI is InChI=1S/C20H19N3O5S/c1-12-6-3-4-8-14(12)22-16(24)11-28-20(27)13-7-5-9-21-18(13)29-15-10-17(25)23(2)19(15)26/h3-9,15H,10-11H2,1-2H3,(H,22,24). The summed E-state index contributed by atoms with van der Waals surface area (Å²) < 4.78 is 5.11. The Morgan fingerprint density at radius 1 is 1.24 bits per heavy atom. The number of rotatable bonds is 6. The molecule has 29 heavy (non-hydrogen) atoms. The fraction of sp³-hybridized carbons (Fsp3) is 0.250. The van der Waals surface area contributed by atoms with E-state index in [-0.39, 0.29) is 28.8 Å². The normalized spacial score (nSPS) is 16.1. The number of esters is 1. The largest absolute Gasteiger partial charge is 0.452 e. The highest BCUT2D eigenvalue weighted by Gasteiger charge is 2.37. The minimum atomic E-state index is -0.731. The van der Waals surface area contributed by atoms with E-state index in [2.05, 4.69) is 10.3 Å². The lowest BCUT2D eigenvalue weighted by molar-refractivity contribution is -0.136. The molecule has 3 amide bonds. The molecule has 1 N–H and O–H groups in total. The van der Waals surface area contributed by atoms with Crippen molar-refractivity contribution >= 4 is 41.1 Å². The van der Waals surface area contributed by atoms with Crippen molar-refractivity contribution in [2.24, 2.45) is 0 Å². The van der Waals surface area contributed by atoms with E-state index >= 15 is 0 Å². The first kappa shape index (κ1) is 20.5. The first-order valence-electron chi connectivity index (χ1n) is 8.81. The highest BCUT2D eigenvalue weighted by Crippen LogP contribution is 2.31. The zero-order chi connectivity index (χ0) is 21.0. The Morgan fingerprint density at radius 3 is 2.69 bits per heavy atom. The summed E-state index contributed by atoms with van der Waals surface area (Å²) >= 11 is 1.04. The molecule has 2 aromatic rings. The van der Waals surface area contributed by atoms with Gasteiger partial charge >= 0.3 is 5.97 Å². The quantitative estimate of drug-likeness (QED) is 0.571. The number of hydrogen-bond donors (Lipinski definition) is 1. The molecule has 0 bridgehead atoms. The molecule has 1 atom stereocenters. The predicted octanol–water partition coefficient (Wildman–Crippen LogP) is 2.03. The molecule has 1 fully saturated rings. The van der Waals surface area contributed by atoms with Gasteiger partial charge in [0.1, 0.15) is 5.03 Å². The monoisotopic (exact) mass is 413 g/mol. The molecule has 1 aromatic heterocycles. The average Bonchev–Trinajstić information content (AvgIpc) is 2.95. The summed E-state index contributed by atoms with van der Waals surface area (Å²) in [6, 6.07) is 10.3. The van der Waals surface area contributed by atoms with Gasteiger partial charge in [0.05, 0.1) is 10.8 Å². The topological polar surface area (TPSA) is 106 Å². The number of likely N-dealkylation sites (tertiary alicyclic amines) is 1. The second-order valence-corrected chi connectivity index (χ2v) is 7.59. The summed E-state index contributed by atoms with van der Waals surface area (Å²) in [5, 5.41) is 2.32. The first-order valence-corrected chi connectivity index (χ1v) is 9.69. The maximum atomic E-state index is 12.5. The molecule has 150 valence electrons. The number of benzene rings is 1. The van der Waals surface area contributed by atoms with Crippen LogP contribution in [0.25, 0.3) is 0 Å². The van der Waals surface area contributed by atoms with Crippen LogP contribution in [-0.4, -0.2) is 52.5 Å². The van der Waals surface area contributed by atoms with Gasteiger partial charge in [-0.15, -0.1) is 0 Å². The van der Waals surface area contributed by atoms with E-state index in [1.807, 2.05) is 19.1 Å². The highest BCUT2D eigenvalue weighted by atomic mass is 32.2. The molecular weight excluding hydrogens is 394 g/mol.